The van der Waals surface area contributed by atoms with Crippen molar-refractivity contribution in [1.82, 2.24) is 9.97 Å². The van der Waals surface area contributed by atoms with Gasteiger partial charge in [0, 0.05) is 16.3 Å². The Kier molecular flexibility index (Phi) is 4.53. The number of carbonyl (C=O) groups is 1. The summed E-state index contributed by atoms with van der Waals surface area (Å²) in [5.41, 5.74) is 3.22. The highest BCUT2D eigenvalue weighted by Gasteiger charge is 2.15. The van der Waals surface area contributed by atoms with Gasteiger partial charge in [0.15, 0.2) is 5.13 Å². The van der Waals surface area contributed by atoms with Gasteiger partial charge in [0.25, 0.3) is 0 Å². The maximum absolute atomic E-state index is 12.2. The van der Waals surface area contributed by atoms with E-state index in [1.807, 2.05) is 25.1 Å². The first kappa shape index (κ1) is 16.2. The molecule has 0 saturated heterocycles. The number of pyridine rings is 1. The monoisotopic (exact) mass is 365 g/mol. The number of halogens is 2. The molecule has 1 amide bonds. The number of aromatic nitrogens is 2. The zero-order chi connectivity index (χ0) is 16.6. The lowest BCUT2D eigenvalue weighted by atomic mass is 10.2. The van der Waals surface area contributed by atoms with Crippen LogP contribution in [0.25, 0.3) is 10.2 Å². The van der Waals surface area contributed by atoms with E-state index >= 15 is 0 Å². The normalized spacial score (nSPS) is 11.0. The second-order valence-corrected chi connectivity index (χ2v) is 6.98. The minimum absolute atomic E-state index is 0.0554. The van der Waals surface area contributed by atoms with Crippen LogP contribution >= 0.6 is 34.5 Å². The number of nitrogens with zero attached hydrogens (tertiary/aromatic N) is 2. The fourth-order valence-electron chi connectivity index (χ4n) is 2.24. The lowest BCUT2D eigenvalue weighted by molar-refractivity contribution is -0.115. The van der Waals surface area contributed by atoms with Crippen LogP contribution in [0.15, 0.2) is 24.3 Å². The van der Waals surface area contributed by atoms with E-state index in [0.717, 1.165) is 15.8 Å². The minimum atomic E-state index is -0.226. The van der Waals surface area contributed by atoms with Crippen LogP contribution in [0.5, 0.6) is 0 Å². The lowest BCUT2D eigenvalue weighted by Gasteiger charge is -2.07. The van der Waals surface area contributed by atoms with Gasteiger partial charge in [0.2, 0.25) is 5.91 Å². The number of rotatable bonds is 3. The number of hydrogen-bond donors (Lipinski definition) is 1. The molecule has 7 heteroatoms. The smallest absolute Gasteiger partial charge is 0.230 e. The van der Waals surface area contributed by atoms with Gasteiger partial charge in [-0.1, -0.05) is 46.7 Å². The van der Waals surface area contributed by atoms with Crippen LogP contribution in [0.2, 0.25) is 10.2 Å². The van der Waals surface area contributed by atoms with Crippen LogP contribution in [-0.2, 0) is 11.2 Å². The van der Waals surface area contributed by atoms with Gasteiger partial charge in [-0.05, 0) is 31.5 Å². The number of anilines is 1. The Morgan fingerprint density at radius 2 is 2.04 bits per heavy atom. The molecule has 0 saturated carbocycles. The third-order valence-corrected chi connectivity index (χ3v) is 4.94. The average Bonchev–Trinajstić information content (AvgIpc) is 2.86. The van der Waals surface area contributed by atoms with Crippen molar-refractivity contribution in [1.29, 1.82) is 0 Å². The predicted octanol–water partition coefficient (Wildman–Crippen LogP) is 4.80. The molecule has 0 radical (unpaired) electrons. The molecule has 3 rings (SSSR count). The third-order valence-electron chi connectivity index (χ3n) is 3.35. The van der Waals surface area contributed by atoms with Gasteiger partial charge in [0.1, 0.15) is 5.15 Å². The molecule has 0 bridgehead atoms. The number of benzene rings is 1. The molecular formula is C16H13Cl2N3OS. The molecule has 1 N–H and O–H groups in total. The molecule has 0 atom stereocenters. The van der Waals surface area contributed by atoms with E-state index < -0.39 is 0 Å². The molecule has 118 valence electrons. The van der Waals surface area contributed by atoms with Gasteiger partial charge in [-0.3, -0.25) is 4.79 Å². The Balaban J connectivity index is 1.80. The molecule has 2 heterocycles. The summed E-state index contributed by atoms with van der Waals surface area (Å²) in [6.07, 6.45) is 0.0554. The summed E-state index contributed by atoms with van der Waals surface area (Å²) in [5, 5.41) is 4.06. The Morgan fingerprint density at radius 1 is 1.26 bits per heavy atom. The summed E-state index contributed by atoms with van der Waals surface area (Å²) < 4.78 is 1.04. The standard InChI is InChI=1S/C16H13Cl2N3OS/c1-8-4-3-5-12-14(8)21-16(23-12)20-13(22)7-10-11(17)6-9(2)19-15(10)18/h3-6H,7H2,1-2H3,(H,20,21,22). The van der Waals surface area contributed by atoms with E-state index in [-0.39, 0.29) is 17.5 Å². The SMILES string of the molecule is Cc1cc(Cl)c(CC(=O)Nc2nc3c(C)cccc3s2)c(Cl)n1. The van der Waals surface area contributed by atoms with Crippen molar-refractivity contribution in [3.05, 3.63) is 51.3 Å². The van der Waals surface area contributed by atoms with Crippen molar-refractivity contribution in [2.75, 3.05) is 5.32 Å². The van der Waals surface area contributed by atoms with Crippen LogP contribution in [-0.4, -0.2) is 15.9 Å². The number of para-hydroxylation sites is 1. The number of fused-ring (bicyclic) bond motifs is 1. The highest BCUT2D eigenvalue weighted by molar-refractivity contribution is 7.22. The Morgan fingerprint density at radius 3 is 2.74 bits per heavy atom. The van der Waals surface area contributed by atoms with E-state index in [0.29, 0.717) is 21.4 Å². The molecule has 23 heavy (non-hydrogen) atoms. The van der Waals surface area contributed by atoms with Gasteiger partial charge >= 0.3 is 0 Å². The zero-order valence-corrected chi connectivity index (χ0v) is 14.8. The summed E-state index contributed by atoms with van der Waals surface area (Å²) in [4.78, 5) is 20.8. The average molecular weight is 366 g/mol. The highest BCUT2D eigenvalue weighted by Crippen LogP contribution is 2.29. The van der Waals surface area contributed by atoms with Crippen LogP contribution in [0.3, 0.4) is 0 Å². The molecule has 0 spiro atoms. The molecule has 3 aromatic rings. The van der Waals surface area contributed by atoms with Crippen molar-refractivity contribution in [2.45, 2.75) is 20.3 Å². The molecule has 0 fully saturated rings. The maximum Gasteiger partial charge on any atom is 0.230 e. The number of aryl methyl sites for hydroxylation is 2. The van der Waals surface area contributed by atoms with Crippen molar-refractivity contribution in [3.63, 3.8) is 0 Å². The van der Waals surface area contributed by atoms with Crippen molar-refractivity contribution in [3.8, 4) is 0 Å². The second kappa shape index (κ2) is 6.43. The van der Waals surface area contributed by atoms with E-state index in [1.165, 1.54) is 11.3 Å². The maximum atomic E-state index is 12.2. The van der Waals surface area contributed by atoms with Gasteiger partial charge < -0.3 is 5.32 Å². The van der Waals surface area contributed by atoms with E-state index in [1.54, 1.807) is 13.0 Å². The molecule has 0 aliphatic carbocycles. The van der Waals surface area contributed by atoms with E-state index in [9.17, 15) is 4.79 Å². The molecule has 1 aromatic carbocycles. The second-order valence-electron chi connectivity index (χ2n) is 5.18. The van der Waals surface area contributed by atoms with Crippen LogP contribution in [0.4, 0.5) is 5.13 Å². The number of hydrogen-bond acceptors (Lipinski definition) is 4. The van der Waals surface area contributed by atoms with Gasteiger partial charge in [-0.2, -0.15) is 0 Å². The number of amides is 1. The Labute approximate surface area is 147 Å². The molecule has 0 aliphatic heterocycles. The summed E-state index contributed by atoms with van der Waals surface area (Å²) >= 11 is 13.7. The first-order valence-corrected chi connectivity index (χ1v) is 8.49. The first-order chi connectivity index (χ1) is 10.9. The molecular weight excluding hydrogens is 353 g/mol. The van der Waals surface area contributed by atoms with Crippen molar-refractivity contribution >= 4 is 55.8 Å². The fraction of sp³-hybridized carbons (Fsp3) is 0.188. The summed E-state index contributed by atoms with van der Waals surface area (Å²) in [6.45, 7) is 3.79. The first-order valence-electron chi connectivity index (χ1n) is 6.91. The summed E-state index contributed by atoms with van der Waals surface area (Å²) in [6, 6.07) is 7.63. The van der Waals surface area contributed by atoms with Crippen LogP contribution < -0.4 is 5.32 Å². The minimum Gasteiger partial charge on any atom is -0.302 e. The summed E-state index contributed by atoms with van der Waals surface area (Å²) in [7, 11) is 0. The van der Waals surface area contributed by atoms with Crippen molar-refractivity contribution < 1.29 is 4.79 Å². The van der Waals surface area contributed by atoms with E-state index in [4.69, 9.17) is 23.2 Å². The molecule has 0 unspecified atom stereocenters. The van der Waals surface area contributed by atoms with Gasteiger partial charge in [0.05, 0.1) is 16.6 Å². The topological polar surface area (TPSA) is 54.9 Å². The fourth-order valence-corrected chi connectivity index (χ4v) is 3.87. The van der Waals surface area contributed by atoms with E-state index in [2.05, 4.69) is 15.3 Å². The quantitative estimate of drug-likeness (QED) is 0.678. The zero-order valence-electron chi connectivity index (χ0n) is 12.5. The molecule has 0 aliphatic rings. The largest absolute Gasteiger partial charge is 0.302 e. The van der Waals surface area contributed by atoms with Crippen molar-refractivity contribution in [2.24, 2.45) is 0 Å². The number of carbonyl (C=O) groups excluding carboxylic acids is 1. The van der Waals surface area contributed by atoms with Gasteiger partial charge in [-0.25, -0.2) is 9.97 Å². The summed E-state index contributed by atoms with van der Waals surface area (Å²) in [5.74, 6) is -0.226. The third kappa shape index (κ3) is 3.47. The highest BCUT2D eigenvalue weighted by atomic mass is 35.5. The number of thiazole rings is 1. The predicted molar refractivity (Wildman–Crippen MR) is 95.7 cm³/mol. The Bertz CT molecular complexity index is 884. The van der Waals surface area contributed by atoms with Crippen LogP contribution in [0.1, 0.15) is 16.8 Å². The van der Waals surface area contributed by atoms with Gasteiger partial charge in [-0.15, -0.1) is 0 Å². The molecule has 2 aromatic heterocycles. The van der Waals surface area contributed by atoms with Crippen LogP contribution in [0, 0.1) is 13.8 Å². The molecule has 4 nitrogen and oxygen atoms in total. The lowest BCUT2D eigenvalue weighted by Crippen LogP contribution is -2.15. The Hall–Kier alpha value is -1.69. The number of nitrogens with one attached hydrogen (secondary N) is 1.